The molecule has 0 radical (unpaired) electrons. The molecule has 1 heterocycles. The fourth-order valence-electron chi connectivity index (χ4n) is 3.13. The van der Waals surface area contributed by atoms with Gasteiger partial charge in [-0.25, -0.2) is 8.42 Å². The van der Waals surface area contributed by atoms with E-state index in [0.717, 1.165) is 31.2 Å². The Morgan fingerprint density at radius 3 is 2.12 bits per heavy atom. The van der Waals surface area contributed by atoms with Crippen LogP contribution in [0.1, 0.15) is 31.2 Å². The van der Waals surface area contributed by atoms with Crippen LogP contribution in [0.4, 0.5) is 5.69 Å². The molecular formula is C20H24N2O3S. The molecule has 1 aliphatic heterocycles. The molecule has 138 valence electrons. The van der Waals surface area contributed by atoms with Crippen LogP contribution in [0, 0.1) is 0 Å². The minimum Gasteiger partial charge on any atom is -0.326 e. The molecule has 0 bridgehead atoms. The van der Waals surface area contributed by atoms with Crippen molar-refractivity contribution in [3.8, 4) is 0 Å². The smallest absolute Gasteiger partial charge is 0.243 e. The van der Waals surface area contributed by atoms with E-state index in [-0.39, 0.29) is 17.2 Å². The molecule has 6 heteroatoms. The van der Waals surface area contributed by atoms with E-state index in [0.29, 0.717) is 18.8 Å². The average molecular weight is 372 g/mol. The lowest BCUT2D eigenvalue weighted by Crippen LogP contribution is -2.31. The average Bonchev–Trinajstić information content (AvgIpc) is 2.93. The highest BCUT2D eigenvalue weighted by Crippen LogP contribution is 2.21. The highest BCUT2D eigenvalue weighted by Gasteiger charge is 2.24. The molecule has 1 N–H and O–H groups in total. The van der Waals surface area contributed by atoms with Crippen molar-refractivity contribution in [1.82, 2.24) is 4.31 Å². The zero-order valence-electron chi connectivity index (χ0n) is 14.7. The summed E-state index contributed by atoms with van der Waals surface area (Å²) in [5, 5.41) is 2.81. The highest BCUT2D eigenvalue weighted by atomic mass is 32.2. The number of carbonyl (C=O) groups excluding carboxylic acids is 1. The topological polar surface area (TPSA) is 66.5 Å². The van der Waals surface area contributed by atoms with E-state index in [9.17, 15) is 13.2 Å². The van der Waals surface area contributed by atoms with Crippen LogP contribution in [-0.2, 0) is 21.2 Å². The maximum atomic E-state index is 12.8. The van der Waals surface area contributed by atoms with Crippen molar-refractivity contribution in [2.75, 3.05) is 18.4 Å². The van der Waals surface area contributed by atoms with Crippen LogP contribution in [0.25, 0.3) is 0 Å². The second kappa shape index (κ2) is 8.47. The first-order valence-electron chi connectivity index (χ1n) is 9.00. The number of sulfonamides is 1. The first-order valence-corrected chi connectivity index (χ1v) is 10.4. The van der Waals surface area contributed by atoms with Gasteiger partial charge in [0.2, 0.25) is 15.9 Å². The van der Waals surface area contributed by atoms with E-state index in [2.05, 4.69) is 5.32 Å². The predicted molar refractivity (Wildman–Crippen MR) is 102 cm³/mol. The summed E-state index contributed by atoms with van der Waals surface area (Å²) in [5.41, 5.74) is 1.53. The third-order valence-corrected chi connectivity index (χ3v) is 6.46. The lowest BCUT2D eigenvalue weighted by molar-refractivity contribution is -0.115. The molecule has 5 nitrogen and oxygen atoms in total. The number of hydrogen-bond donors (Lipinski definition) is 1. The number of benzene rings is 2. The van der Waals surface area contributed by atoms with Crippen LogP contribution in [0.5, 0.6) is 0 Å². The van der Waals surface area contributed by atoms with Gasteiger partial charge in [-0.05, 0) is 42.7 Å². The second-order valence-electron chi connectivity index (χ2n) is 6.55. The van der Waals surface area contributed by atoms with Gasteiger partial charge in [-0.2, -0.15) is 4.31 Å². The van der Waals surface area contributed by atoms with Gasteiger partial charge in [0, 0.05) is 18.8 Å². The predicted octanol–water partition coefficient (Wildman–Crippen LogP) is 3.43. The van der Waals surface area contributed by atoms with E-state index < -0.39 is 10.0 Å². The molecule has 1 amide bonds. The van der Waals surface area contributed by atoms with E-state index in [1.54, 1.807) is 28.6 Å². The van der Waals surface area contributed by atoms with Gasteiger partial charge in [0.05, 0.1) is 11.3 Å². The van der Waals surface area contributed by atoms with Crippen LogP contribution in [0.15, 0.2) is 59.5 Å². The molecule has 1 saturated heterocycles. The fourth-order valence-corrected chi connectivity index (χ4v) is 4.64. The molecule has 26 heavy (non-hydrogen) atoms. The monoisotopic (exact) mass is 372 g/mol. The van der Waals surface area contributed by atoms with Gasteiger partial charge >= 0.3 is 0 Å². The quantitative estimate of drug-likeness (QED) is 0.874. The van der Waals surface area contributed by atoms with Gasteiger partial charge in [0.1, 0.15) is 0 Å². The molecule has 0 aliphatic carbocycles. The summed E-state index contributed by atoms with van der Waals surface area (Å²) < 4.78 is 27.1. The van der Waals surface area contributed by atoms with Crippen LogP contribution in [0.2, 0.25) is 0 Å². The second-order valence-corrected chi connectivity index (χ2v) is 8.49. The molecule has 3 rings (SSSR count). The van der Waals surface area contributed by atoms with E-state index in [1.807, 2.05) is 30.3 Å². The van der Waals surface area contributed by atoms with E-state index >= 15 is 0 Å². The van der Waals surface area contributed by atoms with Gasteiger partial charge < -0.3 is 5.32 Å². The molecule has 0 atom stereocenters. The van der Waals surface area contributed by atoms with E-state index in [4.69, 9.17) is 0 Å². The molecule has 2 aromatic rings. The van der Waals surface area contributed by atoms with Gasteiger partial charge in [0.15, 0.2) is 0 Å². The van der Waals surface area contributed by atoms with Crippen LogP contribution in [0.3, 0.4) is 0 Å². The Bertz CT molecular complexity index is 825. The number of amides is 1. The molecule has 1 aliphatic rings. The van der Waals surface area contributed by atoms with Crippen molar-refractivity contribution in [2.45, 2.75) is 37.0 Å². The van der Waals surface area contributed by atoms with Crippen molar-refractivity contribution in [3.63, 3.8) is 0 Å². The van der Waals surface area contributed by atoms with Gasteiger partial charge in [-0.15, -0.1) is 0 Å². The Hall–Kier alpha value is -2.18. The van der Waals surface area contributed by atoms with Crippen molar-refractivity contribution in [2.24, 2.45) is 0 Å². The number of carbonyl (C=O) groups is 1. The summed E-state index contributed by atoms with van der Waals surface area (Å²) in [6, 6.07) is 15.9. The van der Waals surface area contributed by atoms with Crippen molar-refractivity contribution >= 4 is 21.6 Å². The molecule has 0 aromatic heterocycles. The Balaban J connectivity index is 1.65. The standard InChI is InChI=1S/C20H24N2O3S/c23-20(16-17-8-4-3-5-9-17)21-18-10-12-19(13-11-18)26(24,25)22-14-6-1-2-7-15-22/h3-5,8-13H,1-2,6-7,14-16H2,(H,21,23). The maximum Gasteiger partial charge on any atom is 0.243 e. The first kappa shape index (κ1) is 18.6. The third kappa shape index (κ3) is 4.71. The first-order chi connectivity index (χ1) is 12.6. The van der Waals surface area contributed by atoms with Gasteiger partial charge in [-0.1, -0.05) is 43.2 Å². The Morgan fingerprint density at radius 2 is 1.50 bits per heavy atom. The van der Waals surface area contributed by atoms with Crippen molar-refractivity contribution in [1.29, 1.82) is 0 Å². The molecule has 0 spiro atoms. The highest BCUT2D eigenvalue weighted by molar-refractivity contribution is 7.89. The molecule has 1 fully saturated rings. The summed E-state index contributed by atoms with van der Waals surface area (Å²) in [7, 11) is -3.46. The summed E-state index contributed by atoms with van der Waals surface area (Å²) in [6.07, 6.45) is 4.27. The fraction of sp³-hybridized carbons (Fsp3) is 0.350. The Morgan fingerprint density at radius 1 is 0.885 bits per heavy atom. The van der Waals surface area contributed by atoms with Gasteiger partial charge in [-0.3, -0.25) is 4.79 Å². The number of hydrogen-bond acceptors (Lipinski definition) is 3. The zero-order chi connectivity index (χ0) is 18.4. The molecule has 0 saturated carbocycles. The zero-order valence-corrected chi connectivity index (χ0v) is 15.5. The number of anilines is 1. The van der Waals surface area contributed by atoms with Crippen LogP contribution >= 0.6 is 0 Å². The molecule has 2 aromatic carbocycles. The van der Waals surface area contributed by atoms with Crippen molar-refractivity contribution < 1.29 is 13.2 Å². The summed E-state index contributed by atoms with van der Waals surface area (Å²) in [4.78, 5) is 12.4. The SMILES string of the molecule is O=C(Cc1ccccc1)Nc1ccc(S(=O)(=O)N2CCCCCC2)cc1. The van der Waals surface area contributed by atoms with Crippen LogP contribution < -0.4 is 5.32 Å². The van der Waals surface area contributed by atoms with Gasteiger partial charge in [0.25, 0.3) is 0 Å². The lowest BCUT2D eigenvalue weighted by atomic mass is 10.1. The third-order valence-electron chi connectivity index (χ3n) is 4.55. The van der Waals surface area contributed by atoms with Crippen LogP contribution in [-0.4, -0.2) is 31.7 Å². The summed E-state index contributed by atoms with van der Waals surface area (Å²) >= 11 is 0. The summed E-state index contributed by atoms with van der Waals surface area (Å²) in [5.74, 6) is -0.126. The Labute approximate surface area is 155 Å². The molecule has 0 unspecified atom stereocenters. The largest absolute Gasteiger partial charge is 0.326 e. The van der Waals surface area contributed by atoms with E-state index in [1.165, 1.54) is 0 Å². The summed E-state index contributed by atoms with van der Waals surface area (Å²) in [6.45, 7) is 1.16. The number of nitrogens with zero attached hydrogens (tertiary/aromatic N) is 1. The number of rotatable bonds is 5. The minimum atomic E-state index is -3.46. The minimum absolute atomic E-state index is 0.126. The lowest BCUT2D eigenvalue weighted by Gasteiger charge is -2.20. The van der Waals surface area contributed by atoms with Crippen molar-refractivity contribution in [3.05, 3.63) is 60.2 Å². The Kier molecular flexibility index (Phi) is 6.06. The molecular weight excluding hydrogens is 348 g/mol. The maximum absolute atomic E-state index is 12.8. The normalized spacial score (nSPS) is 16.0. The number of nitrogens with one attached hydrogen (secondary N) is 1.